The van der Waals surface area contributed by atoms with Crippen LogP contribution in [-0.4, -0.2) is 33.0 Å². The first-order chi connectivity index (χ1) is 10.0. The summed E-state index contributed by atoms with van der Waals surface area (Å²) in [6.45, 7) is 1.36. The predicted molar refractivity (Wildman–Crippen MR) is 70.3 cm³/mol. The molecule has 1 atom stereocenters. The van der Waals surface area contributed by atoms with Crippen molar-refractivity contribution >= 4 is 11.9 Å². The van der Waals surface area contributed by atoms with Crippen LogP contribution in [0.1, 0.15) is 25.0 Å². The number of methoxy groups -OCH3 is 2. The Morgan fingerprint density at radius 3 is 2.67 bits per heavy atom. The van der Waals surface area contributed by atoms with Crippen molar-refractivity contribution in [1.29, 1.82) is 0 Å². The molecule has 114 valence electrons. The van der Waals surface area contributed by atoms with Gasteiger partial charge >= 0.3 is 11.9 Å². The van der Waals surface area contributed by atoms with Crippen LogP contribution in [0.5, 0.6) is 17.2 Å². The molecule has 1 aliphatic heterocycles. The van der Waals surface area contributed by atoms with Crippen LogP contribution in [0.2, 0.25) is 0 Å². The molecule has 7 heteroatoms. The van der Waals surface area contributed by atoms with Gasteiger partial charge in [0, 0.05) is 12.5 Å². The molecule has 7 nitrogen and oxygen atoms in total. The van der Waals surface area contributed by atoms with Crippen LogP contribution in [0.25, 0.3) is 0 Å². The number of hydrogen-bond donors (Lipinski definition) is 0. The molecule has 0 radical (unpaired) electrons. The summed E-state index contributed by atoms with van der Waals surface area (Å²) in [7, 11) is 2.76. The quantitative estimate of drug-likeness (QED) is 0.763. The third-order valence-electron chi connectivity index (χ3n) is 2.94. The molecule has 1 aliphatic rings. The number of carbonyl (C=O) groups is 2. The predicted octanol–water partition coefficient (Wildman–Crippen LogP) is 1.59. The minimum Gasteiger partial charge on any atom is -0.493 e. The van der Waals surface area contributed by atoms with Gasteiger partial charge in [0.15, 0.2) is 11.5 Å². The molecule has 0 aliphatic carbocycles. The van der Waals surface area contributed by atoms with Gasteiger partial charge in [0.2, 0.25) is 12.5 Å². The lowest BCUT2D eigenvalue weighted by molar-refractivity contribution is -0.152. The van der Waals surface area contributed by atoms with Gasteiger partial charge in [-0.25, -0.2) is 0 Å². The van der Waals surface area contributed by atoms with Crippen LogP contribution in [0.3, 0.4) is 0 Å². The van der Waals surface area contributed by atoms with E-state index in [0.717, 1.165) is 0 Å². The first-order valence-electron chi connectivity index (χ1n) is 6.26. The van der Waals surface area contributed by atoms with E-state index in [0.29, 0.717) is 22.8 Å². The molecule has 1 aromatic carbocycles. The average Bonchev–Trinajstić information content (AvgIpc) is 2.93. The van der Waals surface area contributed by atoms with Gasteiger partial charge in [0.25, 0.3) is 0 Å². The van der Waals surface area contributed by atoms with Crippen molar-refractivity contribution in [2.24, 2.45) is 0 Å². The molecule has 0 unspecified atom stereocenters. The molecule has 0 aromatic heterocycles. The highest BCUT2D eigenvalue weighted by molar-refractivity contribution is 5.72. The maximum absolute atomic E-state index is 11.5. The number of benzene rings is 1. The molecule has 0 bridgehead atoms. The van der Waals surface area contributed by atoms with E-state index < -0.39 is 18.0 Å². The lowest BCUT2D eigenvalue weighted by Crippen LogP contribution is -2.14. The van der Waals surface area contributed by atoms with E-state index in [-0.39, 0.29) is 13.2 Å². The third kappa shape index (κ3) is 3.36. The molecular formula is C14H16O7. The van der Waals surface area contributed by atoms with Crippen LogP contribution < -0.4 is 14.2 Å². The topological polar surface area (TPSA) is 80.3 Å². The summed E-state index contributed by atoms with van der Waals surface area (Å²) in [5, 5.41) is 0. The van der Waals surface area contributed by atoms with E-state index in [1.54, 1.807) is 12.1 Å². The van der Waals surface area contributed by atoms with E-state index in [1.165, 1.54) is 21.1 Å². The lowest BCUT2D eigenvalue weighted by Gasteiger charge is -2.17. The summed E-state index contributed by atoms with van der Waals surface area (Å²) in [6.07, 6.45) is -0.878. The van der Waals surface area contributed by atoms with Crippen LogP contribution in [0.15, 0.2) is 12.1 Å². The summed E-state index contributed by atoms with van der Waals surface area (Å²) >= 11 is 0. The van der Waals surface area contributed by atoms with Gasteiger partial charge in [-0.2, -0.15) is 0 Å². The molecule has 0 saturated heterocycles. The van der Waals surface area contributed by atoms with Crippen molar-refractivity contribution in [1.82, 2.24) is 0 Å². The van der Waals surface area contributed by atoms with E-state index in [1.807, 2.05) is 0 Å². The molecule has 1 heterocycles. The van der Waals surface area contributed by atoms with Gasteiger partial charge in [-0.05, 0) is 12.1 Å². The van der Waals surface area contributed by atoms with E-state index in [2.05, 4.69) is 4.74 Å². The van der Waals surface area contributed by atoms with Gasteiger partial charge in [0.05, 0.1) is 20.6 Å². The van der Waals surface area contributed by atoms with Crippen molar-refractivity contribution < 1.29 is 33.3 Å². The molecule has 0 saturated carbocycles. The summed E-state index contributed by atoms with van der Waals surface area (Å²) in [5.41, 5.74) is 0.566. The molecule has 0 spiro atoms. The van der Waals surface area contributed by atoms with Crippen molar-refractivity contribution in [3.8, 4) is 17.2 Å². The zero-order valence-electron chi connectivity index (χ0n) is 12.0. The number of hydrogen-bond acceptors (Lipinski definition) is 7. The van der Waals surface area contributed by atoms with Crippen molar-refractivity contribution in [3.05, 3.63) is 17.7 Å². The standard InChI is InChI=1S/C14H16O7/c1-8(15)21-10(6-13(16)18-3)9-4-11(17-2)14-12(5-9)19-7-20-14/h4-5,10H,6-7H2,1-3H3/t10-/m1/s1. The fourth-order valence-corrected chi connectivity index (χ4v) is 2.00. The minimum absolute atomic E-state index is 0.0877. The zero-order valence-corrected chi connectivity index (χ0v) is 12.0. The number of rotatable bonds is 5. The SMILES string of the molecule is COC(=O)C[C@@H](OC(C)=O)c1cc(OC)c2c(c1)OCO2. The molecule has 0 amide bonds. The van der Waals surface area contributed by atoms with E-state index >= 15 is 0 Å². The molecule has 21 heavy (non-hydrogen) atoms. The Kier molecular flexibility index (Phi) is 4.52. The van der Waals surface area contributed by atoms with Crippen molar-refractivity contribution in [2.45, 2.75) is 19.4 Å². The highest BCUT2D eigenvalue weighted by Crippen LogP contribution is 2.43. The summed E-state index contributed by atoms with van der Waals surface area (Å²) in [4.78, 5) is 22.7. The number of esters is 2. The summed E-state index contributed by atoms with van der Waals surface area (Å²) in [6, 6.07) is 3.30. The van der Waals surface area contributed by atoms with Gasteiger partial charge in [0.1, 0.15) is 6.10 Å². The first kappa shape index (κ1) is 15.0. The molecule has 2 rings (SSSR count). The molecule has 0 N–H and O–H groups in total. The molecule has 1 aromatic rings. The van der Waals surface area contributed by atoms with E-state index in [4.69, 9.17) is 18.9 Å². The minimum atomic E-state index is -0.779. The fraction of sp³-hybridized carbons (Fsp3) is 0.429. The smallest absolute Gasteiger partial charge is 0.309 e. The Bertz CT molecular complexity index is 552. The first-order valence-corrected chi connectivity index (χ1v) is 6.26. The monoisotopic (exact) mass is 296 g/mol. The van der Waals surface area contributed by atoms with Crippen molar-refractivity contribution in [2.75, 3.05) is 21.0 Å². The largest absolute Gasteiger partial charge is 0.493 e. The third-order valence-corrected chi connectivity index (χ3v) is 2.94. The second-order valence-corrected chi connectivity index (χ2v) is 4.34. The Hall–Kier alpha value is -2.44. The normalized spacial score (nSPS) is 13.5. The van der Waals surface area contributed by atoms with Crippen LogP contribution in [-0.2, 0) is 19.1 Å². The van der Waals surface area contributed by atoms with Gasteiger partial charge in [-0.1, -0.05) is 0 Å². The second kappa shape index (κ2) is 6.34. The van der Waals surface area contributed by atoms with Gasteiger partial charge in [-0.15, -0.1) is 0 Å². The maximum atomic E-state index is 11.5. The molecule has 0 fully saturated rings. The lowest BCUT2D eigenvalue weighted by atomic mass is 10.0. The summed E-state index contributed by atoms with van der Waals surface area (Å²) in [5.74, 6) is 0.424. The average molecular weight is 296 g/mol. The fourth-order valence-electron chi connectivity index (χ4n) is 2.00. The van der Waals surface area contributed by atoms with E-state index in [9.17, 15) is 9.59 Å². The Balaban J connectivity index is 2.34. The number of fused-ring (bicyclic) bond motifs is 1. The Morgan fingerprint density at radius 2 is 2.05 bits per heavy atom. The van der Waals surface area contributed by atoms with Gasteiger partial charge < -0.3 is 23.7 Å². The Labute approximate surface area is 121 Å². The van der Waals surface area contributed by atoms with Crippen LogP contribution >= 0.6 is 0 Å². The summed E-state index contributed by atoms with van der Waals surface area (Å²) < 4.78 is 25.6. The Morgan fingerprint density at radius 1 is 1.29 bits per heavy atom. The van der Waals surface area contributed by atoms with Crippen molar-refractivity contribution in [3.63, 3.8) is 0 Å². The van der Waals surface area contributed by atoms with Crippen LogP contribution in [0, 0.1) is 0 Å². The van der Waals surface area contributed by atoms with Gasteiger partial charge in [-0.3, -0.25) is 9.59 Å². The highest BCUT2D eigenvalue weighted by atomic mass is 16.7. The molecular weight excluding hydrogens is 280 g/mol. The maximum Gasteiger partial charge on any atom is 0.309 e. The van der Waals surface area contributed by atoms with Crippen LogP contribution in [0.4, 0.5) is 0 Å². The number of ether oxygens (including phenoxy) is 5. The number of carbonyl (C=O) groups excluding carboxylic acids is 2. The second-order valence-electron chi connectivity index (χ2n) is 4.34. The highest BCUT2D eigenvalue weighted by Gasteiger charge is 2.26. The zero-order chi connectivity index (χ0) is 15.4.